The summed E-state index contributed by atoms with van der Waals surface area (Å²) in [5, 5.41) is 0.468. The standard InChI is InChI=1S/C20H21N5O3/c21-19(27)13-2-3-17-16(10-13)18(26)11-14(24-17)12-25-8-4-15(5-9-25)28-20-22-6-1-7-23-20/h1-3,6-7,10-11,15H,4-5,8-9,12H2,(H2,21,27)(H,24,26). The molecule has 0 saturated carbocycles. The molecule has 1 saturated heterocycles. The van der Waals surface area contributed by atoms with Gasteiger partial charge in [-0.2, -0.15) is 0 Å². The van der Waals surface area contributed by atoms with Gasteiger partial charge >= 0.3 is 6.01 Å². The van der Waals surface area contributed by atoms with E-state index in [0.717, 1.165) is 31.6 Å². The number of pyridine rings is 1. The quantitative estimate of drug-likeness (QED) is 0.694. The third-order valence-electron chi connectivity index (χ3n) is 4.91. The van der Waals surface area contributed by atoms with Gasteiger partial charge in [-0.25, -0.2) is 9.97 Å². The summed E-state index contributed by atoms with van der Waals surface area (Å²) in [6.07, 6.45) is 5.18. The van der Waals surface area contributed by atoms with Gasteiger partial charge in [0.1, 0.15) is 6.10 Å². The minimum atomic E-state index is -0.545. The van der Waals surface area contributed by atoms with Crippen molar-refractivity contribution in [2.45, 2.75) is 25.5 Å². The van der Waals surface area contributed by atoms with E-state index in [4.69, 9.17) is 10.5 Å². The first kappa shape index (κ1) is 18.1. The summed E-state index contributed by atoms with van der Waals surface area (Å²) in [6.45, 7) is 2.37. The van der Waals surface area contributed by atoms with E-state index in [9.17, 15) is 9.59 Å². The number of nitrogens with zero attached hydrogens (tertiary/aromatic N) is 3. The normalized spacial score (nSPS) is 15.6. The molecule has 3 heterocycles. The van der Waals surface area contributed by atoms with E-state index in [0.29, 0.717) is 29.0 Å². The van der Waals surface area contributed by atoms with Crippen molar-refractivity contribution >= 4 is 16.8 Å². The van der Waals surface area contributed by atoms with E-state index in [1.165, 1.54) is 6.07 Å². The van der Waals surface area contributed by atoms with Gasteiger partial charge in [-0.3, -0.25) is 14.5 Å². The van der Waals surface area contributed by atoms with Crippen LogP contribution in [0.2, 0.25) is 0 Å². The number of ether oxygens (including phenoxy) is 1. The number of rotatable bonds is 5. The number of primary amides is 1. The fourth-order valence-electron chi connectivity index (χ4n) is 3.46. The molecule has 0 unspecified atom stereocenters. The minimum absolute atomic E-state index is 0.0986. The number of aromatic amines is 1. The molecule has 1 fully saturated rings. The Morgan fingerprint density at radius 3 is 2.68 bits per heavy atom. The molecule has 8 heteroatoms. The lowest BCUT2D eigenvalue weighted by Crippen LogP contribution is -2.38. The zero-order valence-corrected chi connectivity index (χ0v) is 15.3. The van der Waals surface area contributed by atoms with Gasteiger partial charge in [0, 0.05) is 60.3 Å². The Hall–Kier alpha value is -3.26. The zero-order chi connectivity index (χ0) is 19.5. The Balaban J connectivity index is 1.41. The molecule has 3 aromatic rings. The molecule has 0 bridgehead atoms. The monoisotopic (exact) mass is 379 g/mol. The molecule has 1 amide bonds. The minimum Gasteiger partial charge on any atom is -0.460 e. The Labute approximate surface area is 161 Å². The largest absolute Gasteiger partial charge is 0.460 e. The number of carbonyl (C=O) groups excluding carboxylic acids is 1. The summed E-state index contributed by atoms with van der Waals surface area (Å²) in [5.74, 6) is -0.545. The number of nitrogens with one attached hydrogen (secondary N) is 1. The van der Waals surface area contributed by atoms with Crippen molar-refractivity contribution in [2.24, 2.45) is 5.73 Å². The average molecular weight is 379 g/mol. The lowest BCUT2D eigenvalue weighted by Gasteiger charge is -2.31. The highest BCUT2D eigenvalue weighted by molar-refractivity contribution is 5.96. The summed E-state index contributed by atoms with van der Waals surface area (Å²) >= 11 is 0. The molecular formula is C20H21N5O3. The van der Waals surface area contributed by atoms with Crippen molar-refractivity contribution in [3.8, 4) is 6.01 Å². The Morgan fingerprint density at radius 2 is 1.96 bits per heavy atom. The number of hydrogen-bond donors (Lipinski definition) is 2. The second-order valence-electron chi connectivity index (χ2n) is 6.91. The highest BCUT2D eigenvalue weighted by atomic mass is 16.5. The zero-order valence-electron chi connectivity index (χ0n) is 15.3. The van der Waals surface area contributed by atoms with Gasteiger partial charge in [0.25, 0.3) is 0 Å². The summed E-state index contributed by atoms with van der Waals surface area (Å²) < 4.78 is 5.82. The maximum absolute atomic E-state index is 12.4. The number of aromatic nitrogens is 3. The molecule has 1 aliphatic rings. The first-order valence-electron chi connectivity index (χ1n) is 9.20. The van der Waals surface area contributed by atoms with Gasteiger partial charge in [0.2, 0.25) is 5.91 Å². The Kier molecular flexibility index (Phi) is 5.03. The maximum Gasteiger partial charge on any atom is 0.316 e. The van der Waals surface area contributed by atoms with Crippen molar-refractivity contribution in [3.63, 3.8) is 0 Å². The summed E-state index contributed by atoms with van der Waals surface area (Å²) in [5.41, 5.74) is 7.05. The van der Waals surface area contributed by atoms with E-state index in [-0.39, 0.29) is 11.5 Å². The van der Waals surface area contributed by atoms with E-state index in [1.54, 1.807) is 36.7 Å². The van der Waals surface area contributed by atoms with Gasteiger partial charge in [0.15, 0.2) is 5.43 Å². The number of likely N-dealkylation sites (tertiary alicyclic amines) is 1. The van der Waals surface area contributed by atoms with Gasteiger partial charge in [-0.1, -0.05) is 0 Å². The van der Waals surface area contributed by atoms with Crippen LogP contribution in [-0.2, 0) is 6.54 Å². The first-order chi connectivity index (χ1) is 13.6. The summed E-state index contributed by atoms with van der Waals surface area (Å²) in [7, 11) is 0. The van der Waals surface area contributed by atoms with Gasteiger partial charge in [0.05, 0.1) is 0 Å². The summed E-state index contributed by atoms with van der Waals surface area (Å²) in [6, 6.07) is 8.64. The van der Waals surface area contributed by atoms with E-state index in [1.807, 2.05) is 0 Å². The first-order valence-corrected chi connectivity index (χ1v) is 9.20. The molecule has 2 aromatic heterocycles. The number of amides is 1. The second kappa shape index (κ2) is 7.77. The van der Waals surface area contributed by atoms with Crippen LogP contribution in [0.5, 0.6) is 6.01 Å². The molecule has 1 aromatic carbocycles. The topological polar surface area (TPSA) is 114 Å². The number of fused-ring (bicyclic) bond motifs is 1. The molecule has 1 aliphatic heterocycles. The lowest BCUT2D eigenvalue weighted by molar-refractivity contribution is 0.0886. The van der Waals surface area contributed by atoms with E-state index < -0.39 is 5.91 Å². The molecule has 0 atom stereocenters. The van der Waals surface area contributed by atoms with Crippen LogP contribution >= 0.6 is 0 Å². The molecule has 4 rings (SSSR count). The van der Waals surface area contributed by atoms with Crippen LogP contribution in [0.1, 0.15) is 28.9 Å². The fraction of sp³-hybridized carbons (Fsp3) is 0.300. The molecular weight excluding hydrogens is 358 g/mol. The molecule has 0 aliphatic carbocycles. The Bertz CT molecular complexity index is 1040. The molecule has 144 valence electrons. The maximum atomic E-state index is 12.4. The lowest BCUT2D eigenvalue weighted by atomic mass is 10.1. The van der Waals surface area contributed by atoms with Gasteiger partial charge < -0.3 is 15.5 Å². The predicted octanol–water partition coefficient (Wildman–Crippen LogP) is 1.46. The molecule has 0 radical (unpaired) electrons. The van der Waals surface area contributed by atoms with Crippen LogP contribution in [0.25, 0.3) is 10.9 Å². The third-order valence-corrected chi connectivity index (χ3v) is 4.91. The van der Waals surface area contributed by atoms with Crippen LogP contribution < -0.4 is 15.9 Å². The van der Waals surface area contributed by atoms with Crippen LogP contribution in [0.3, 0.4) is 0 Å². The van der Waals surface area contributed by atoms with Crippen LogP contribution in [-0.4, -0.2) is 45.0 Å². The average Bonchev–Trinajstić information content (AvgIpc) is 2.70. The highest BCUT2D eigenvalue weighted by Gasteiger charge is 2.21. The van der Waals surface area contributed by atoms with E-state index >= 15 is 0 Å². The second-order valence-corrected chi connectivity index (χ2v) is 6.91. The van der Waals surface area contributed by atoms with Crippen molar-refractivity contribution < 1.29 is 9.53 Å². The van der Waals surface area contributed by atoms with Crippen molar-refractivity contribution in [1.82, 2.24) is 19.9 Å². The van der Waals surface area contributed by atoms with Crippen LogP contribution in [0.15, 0.2) is 47.5 Å². The third kappa shape index (κ3) is 4.01. The highest BCUT2D eigenvalue weighted by Crippen LogP contribution is 2.18. The number of nitrogens with two attached hydrogens (primary N) is 1. The molecule has 3 N–H and O–H groups in total. The Morgan fingerprint density at radius 1 is 1.21 bits per heavy atom. The summed E-state index contributed by atoms with van der Waals surface area (Å²) in [4.78, 5) is 37.5. The van der Waals surface area contributed by atoms with Crippen LogP contribution in [0, 0.1) is 0 Å². The number of carbonyl (C=O) groups is 1. The van der Waals surface area contributed by atoms with Crippen molar-refractivity contribution in [1.29, 1.82) is 0 Å². The molecule has 28 heavy (non-hydrogen) atoms. The number of benzene rings is 1. The number of piperidine rings is 1. The van der Waals surface area contributed by atoms with Crippen molar-refractivity contribution in [3.05, 3.63) is 64.2 Å². The van der Waals surface area contributed by atoms with E-state index in [2.05, 4.69) is 19.9 Å². The van der Waals surface area contributed by atoms with Gasteiger partial charge in [-0.05, 0) is 37.1 Å². The van der Waals surface area contributed by atoms with Crippen LogP contribution in [0.4, 0.5) is 0 Å². The smallest absolute Gasteiger partial charge is 0.316 e. The fourth-order valence-corrected chi connectivity index (χ4v) is 3.46. The SMILES string of the molecule is NC(=O)c1ccc2[nH]c(CN3CCC(Oc4ncccn4)CC3)cc(=O)c2c1. The number of hydrogen-bond acceptors (Lipinski definition) is 6. The molecule has 8 nitrogen and oxygen atoms in total. The van der Waals surface area contributed by atoms with Crippen molar-refractivity contribution in [2.75, 3.05) is 13.1 Å². The number of H-pyrrole nitrogens is 1. The predicted molar refractivity (Wildman–Crippen MR) is 104 cm³/mol. The molecule has 0 spiro atoms. The van der Waals surface area contributed by atoms with Gasteiger partial charge in [-0.15, -0.1) is 0 Å².